The number of rotatable bonds is 5. The Labute approximate surface area is 157 Å². The molecule has 0 saturated carbocycles. The van der Waals surface area contributed by atoms with Gasteiger partial charge in [0.2, 0.25) is 6.79 Å². The SMILES string of the molecule is CC(Nc1ccc(NC(=O)c2cccc3c2OCO3)cc1)c1ccccc1. The molecule has 0 bridgehead atoms. The molecule has 0 spiro atoms. The Balaban J connectivity index is 1.42. The highest BCUT2D eigenvalue weighted by Gasteiger charge is 2.21. The van der Waals surface area contributed by atoms with Crippen molar-refractivity contribution in [3.8, 4) is 11.5 Å². The predicted octanol–water partition coefficient (Wildman–Crippen LogP) is 4.84. The molecule has 0 aromatic heterocycles. The molecule has 1 heterocycles. The third-order valence-electron chi connectivity index (χ3n) is 4.47. The zero-order chi connectivity index (χ0) is 18.6. The van der Waals surface area contributed by atoms with Gasteiger partial charge in [-0.2, -0.15) is 0 Å². The number of hydrogen-bond acceptors (Lipinski definition) is 4. The van der Waals surface area contributed by atoms with Gasteiger partial charge in [0.25, 0.3) is 5.91 Å². The second-order valence-corrected chi connectivity index (χ2v) is 6.35. The molecule has 1 unspecified atom stereocenters. The molecular weight excluding hydrogens is 340 g/mol. The monoisotopic (exact) mass is 360 g/mol. The molecule has 1 amide bonds. The Bertz CT molecular complexity index is 940. The first-order chi connectivity index (χ1) is 13.2. The summed E-state index contributed by atoms with van der Waals surface area (Å²) in [6, 6.07) is 23.4. The fourth-order valence-corrected chi connectivity index (χ4v) is 3.03. The van der Waals surface area contributed by atoms with Gasteiger partial charge in [0.1, 0.15) is 0 Å². The standard InChI is InChI=1S/C22H20N2O3/c1-15(16-6-3-2-4-7-16)23-17-10-12-18(13-11-17)24-22(25)19-8-5-9-20-21(19)27-14-26-20/h2-13,15,23H,14H2,1H3,(H,24,25). The minimum atomic E-state index is -0.226. The average molecular weight is 360 g/mol. The van der Waals surface area contributed by atoms with E-state index in [9.17, 15) is 4.79 Å². The molecule has 1 atom stereocenters. The molecule has 0 saturated heterocycles. The Morgan fingerprint density at radius 1 is 0.889 bits per heavy atom. The zero-order valence-corrected chi connectivity index (χ0v) is 14.9. The van der Waals surface area contributed by atoms with Gasteiger partial charge in [-0.3, -0.25) is 4.79 Å². The highest BCUT2D eigenvalue weighted by molar-refractivity contribution is 6.06. The van der Waals surface area contributed by atoms with Crippen LogP contribution in [0.15, 0.2) is 72.8 Å². The lowest BCUT2D eigenvalue weighted by atomic mass is 10.1. The van der Waals surface area contributed by atoms with Gasteiger partial charge >= 0.3 is 0 Å². The summed E-state index contributed by atoms with van der Waals surface area (Å²) in [6.45, 7) is 2.25. The molecule has 136 valence electrons. The van der Waals surface area contributed by atoms with Gasteiger partial charge < -0.3 is 20.1 Å². The smallest absolute Gasteiger partial charge is 0.259 e. The molecule has 0 radical (unpaired) electrons. The van der Waals surface area contributed by atoms with Crippen LogP contribution in [0.4, 0.5) is 11.4 Å². The summed E-state index contributed by atoms with van der Waals surface area (Å²) in [5, 5.41) is 6.35. The summed E-state index contributed by atoms with van der Waals surface area (Å²) in [6.07, 6.45) is 0. The number of carbonyl (C=O) groups is 1. The third-order valence-corrected chi connectivity index (χ3v) is 4.47. The second-order valence-electron chi connectivity index (χ2n) is 6.35. The van der Waals surface area contributed by atoms with Crippen LogP contribution >= 0.6 is 0 Å². The number of benzene rings is 3. The van der Waals surface area contributed by atoms with Crippen molar-refractivity contribution in [2.24, 2.45) is 0 Å². The Morgan fingerprint density at radius 2 is 1.63 bits per heavy atom. The Hall–Kier alpha value is -3.47. The van der Waals surface area contributed by atoms with E-state index in [-0.39, 0.29) is 18.7 Å². The van der Waals surface area contributed by atoms with E-state index in [1.807, 2.05) is 42.5 Å². The molecule has 2 N–H and O–H groups in total. The number of anilines is 2. The van der Waals surface area contributed by atoms with Crippen molar-refractivity contribution >= 4 is 17.3 Å². The van der Waals surface area contributed by atoms with Crippen LogP contribution in [0.2, 0.25) is 0 Å². The van der Waals surface area contributed by atoms with Crippen molar-refractivity contribution in [1.29, 1.82) is 0 Å². The molecule has 1 aliphatic rings. The minimum Gasteiger partial charge on any atom is -0.454 e. The zero-order valence-electron chi connectivity index (χ0n) is 14.9. The number of fused-ring (bicyclic) bond motifs is 1. The molecule has 0 aliphatic carbocycles. The van der Waals surface area contributed by atoms with Crippen molar-refractivity contribution in [1.82, 2.24) is 0 Å². The molecule has 27 heavy (non-hydrogen) atoms. The van der Waals surface area contributed by atoms with E-state index < -0.39 is 0 Å². The summed E-state index contributed by atoms with van der Waals surface area (Å²) in [7, 11) is 0. The van der Waals surface area contributed by atoms with Gasteiger partial charge in [-0.1, -0.05) is 36.4 Å². The number of carbonyl (C=O) groups excluding carboxylic acids is 1. The van der Waals surface area contributed by atoms with Gasteiger partial charge in [-0.25, -0.2) is 0 Å². The quantitative estimate of drug-likeness (QED) is 0.683. The predicted molar refractivity (Wildman–Crippen MR) is 105 cm³/mol. The van der Waals surface area contributed by atoms with Crippen LogP contribution < -0.4 is 20.1 Å². The number of amides is 1. The number of nitrogens with one attached hydrogen (secondary N) is 2. The van der Waals surface area contributed by atoms with Crippen molar-refractivity contribution in [2.75, 3.05) is 17.4 Å². The lowest BCUT2D eigenvalue weighted by Crippen LogP contribution is -2.13. The maximum atomic E-state index is 12.6. The lowest BCUT2D eigenvalue weighted by molar-refractivity contribution is 0.102. The molecular formula is C22H20N2O3. The number of ether oxygens (including phenoxy) is 2. The third kappa shape index (κ3) is 3.72. The molecule has 3 aromatic rings. The highest BCUT2D eigenvalue weighted by Crippen LogP contribution is 2.35. The second kappa shape index (κ2) is 7.41. The summed E-state index contributed by atoms with van der Waals surface area (Å²) in [5.41, 5.74) is 3.39. The van der Waals surface area contributed by atoms with E-state index in [4.69, 9.17) is 9.47 Å². The number of para-hydroxylation sites is 1. The normalized spacial score (nSPS) is 13.1. The number of hydrogen-bond donors (Lipinski definition) is 2. The van der Waals surface area contributed by atoms with Gasteiger partial charge in [-0.05, 0) is 48.9 Å². The van der Waals surface area contributed by atoms with E-state index in [0.29, 0.717) is 17.1 Å². The van der Waals surface area contributed by atoms with E-state index in [2.05, 4.69) is 29.7 Å². The van der Waals surface area contributed by atoms with Gasteiger partial charge in [0.15, 0.2) is 11.5 Å². The fraction of sp³-hybridized carbons (Fsp3) is 0.136. The van der Waals surface area contributed by atoms with Crippen molar-refractivity contribution in [2.45, 2.75) is 13.0 Å². The molecule has 0 fully saturated rings. The maximum absolute atomic E-state index is 12.6. The molecule has 5 heteroatoms. The molecule has 4 rings (SSSR count). The fourth-order valence-electron chi connectivity index (χ4n) is 3.03. The van der Waals surface area contributed by atoms with Gasteiger partial charge in [0.05, 0.1) is 5.56 Å². The van der Waals surface area contributed by atoms with E-state index in [1.54, 1.807) is 18.2 Å². The minimum absolute atomic E-state index is 0.138. The van der Waals surface area contributed by atoms with Crippen LogP contribution in [0, 0.1) is 0 Å². The average Bonchev–Trinajstić information content (AvgIpc) is 3.19. The van der Waals surface area contributed by atoms with Gasteiger partial charge in [-0.15, -0.1) is 0 Å². The highest BCUT2D eigenvalue weighted by atomic mass is 16.7. The first-order valence-corrected chi connectivity index (χ1v) is 8.82. The first-order valence-electron chi connectivity index (χ1n) is 8.82. The van der Waals surface area contributed by atoms with Crippen molar-refractivity contribution in [3.63, 3.8) is 0 Å². The topological polar surface area (TPSA) is 59.6 Å². The Morgan fingerprint density at radius 3 is 2.41 bits per heavy atom. The van der Waals surface area contributed by atoms with Crippen LogP contribution in [0.25, 0.3) is 0 Å². The molecule has 1 aliphatic heterocycles. The maximum Gasteiger partial charge on any atom is 0.259 e. The van der Waals surface area contributed by atoms with Crippen LogP contribution in [-0.2, 0) is 0 Å². The summed E-state index contributed by atoms with van der Waals surface area (Å²) in [5.74, 6) is 0.859. The molecule has 5 nitrogen and oxygen atoms in total. The van der Waals surface area contributed by atoms with Crippen LogP contribution in [0.5, 0.6) is 11.5 Å². The van der Waals surface area contributed by atoms with Crippen LogP contribution in [0.3, 0.4) is 0 Å². The van der Waals surface area contributed by atoms with Gasteiger partial charge in [0, 0.05) is 17.4 Å². The van der Waals surface area contributed by atoms with E-state index >= 15 is 0 Å². The van der Waals surface area contributed by atoms with E-state index in [1.165, 1.54) is 5.56 Å². The first kappa shape index (κ1) is 17.0. The van der Waals surface area contributed by atoms with Crippen molar-refractivity contribution in [3.05, 3.63) is 83.9 Å². The molecule has 3 aromatic carbocycles. The van der Waals surface area contributed by atoms with Crippen LogP contribution in [0.1, 0.15) is 28.9 Å². The summed E-state index contributed by atoms with van der Waals surface area (Å²) >= 11 is 0. The van der Waals surface area contributed by atoms with Crippen LogP contribution in [-0.4, -0.2) is 12.7 Å². The lowest BCUT2D eigenvalue weighted by Gasteiger charge is -2.16. The summed E-state index contributed by atoms with van der Waals surface area (Å²) in [4.78, 5) is 12.6. The largest absolute Gasteiger partial charge is 0.454 e. The van der Waals surface area contributed by atoms with E-state index in [0.717, 1.165) is 11.4 Å². The summed E-state index contributed by atoms with van der Waals surface area (Å²) < 4.78 is 10.7. The van der Waals surface area contributed by atoms with Crippen molar-refractivity contribution < 1.29 is 14.3 Å². The Kier molecular flexibility index (Phi) is 4.66.